The highest BCUT2D eigenvalue weighted by Gasteiger charge is 2.47. The van der Waals surface area contributed by atoms with Gasteiger partial charge in [-0.2, -0.15) is 0 Å². The van der Waals surface area contributed by atoms with Gasteiger partial charge in [0.2, 0.25) is 0 Å². The first-order chi connectivity index (χ1) is 12.5. The molecule has 136 valence electrons. The van der Waals surface area contributed by atoms with E-state index in [9.17, 15) is 15.3 Å². The van der Waals surface area contributed by atoms with Crippen LogP contribution in [0.15, 0.2) is 42.9 Å². The second-order valence-corrected chi connectivity index (χ2v) is 6.74. The number of fused-ring (bicyclic) bond motifs is 1. The number of pyridine rings is 2. The summed E-state index contributed by atoms with van der Waals surface area (Å²) in [4.78, 5) is 8.52. The fraction of sp³-hybridized carbons (Fsp3) is 0.368. The molecule has 1 aliphatic rings. The Morgan fingerprint density at radius 3 is 2.62 bits per heavy atom. The van der Waals surface area contributed by atoms with E-state index in [2.05, 4.69) is 9.97 Å². The van der Waals surface area contributed by atoms with E-state index in [1.165, 1.54) is 0 Å². The molecule has 0 spiro atoms. The van der Waals surface area contributed by atoms with Crippen LogP contribution in [0.5, 0.6) is 0 Å². The van der Waals surface area contributed by atoms with Crippen LogP contribution in [0, 0.1) is 13.8 Å². The molecule has 7 nitrogen and oxygen atoms in total. The summed E-state index contributed by atoms with van der Waals surface area (Å²) in [6.45, 7) is 3.83. The van der Waals surface area contributed by atoms with Crippen molar-refractivity contribution in [2.24, 2.45) is 0 Å². The number of ether oxygens (including phenoxy) is 1. The van der Waals surface area contributed by atoms with Gasteiger partial charge in [-0.1, -0.05) is 6.07 Å². The van der Waals surface area contributed by atoms with Gasteiger partial charge >= 0.3 is 0 Å². The van der Waals surface area contributed by atoms with E-state index in [-0.39, 0.29) is 0 Å². The molecule has 1 fully saturated rings. The Bertz CT molecular complexity index is 924. The van der Waals surface area contributed by atoms with E-state index in [1.807, 2.05) is 26.0 Å². The normalized spacial score (nSPS) is 27.1. The van der Waals surface area contributed by atoms with Crippen LogP contribution < -0.4 is 0 Å². The SMILES string of the molecule is Cc1ccc([C@@H](O)[C@H]2O[C@@H](n3ccc4c(C)ccnc43)[C@H](O)[C@@H]2O)cn1. The fourth-order valence-corrected chi connectivity index (χ4v) is 3.42. The smallest absolute Gasteiger partial charge is 0.164 e. The van der Waals surface area contributed by atoms with Crippen molar-refractivity contribution in [1.29, 1.82) is 0 Å². The van der Waals surface area contributed by atoms with E-state index in [4.69, 9.17) is 4.74 Å². The molecular weight excluding hydrogens is 334 g/mol. The number of hydrogen-bond donors (Lipinski definition) is 3. The number of aromatic nitrogens is 3. The summed E-state index contributed by atoms with van der Waals surface area (Å²) in [6.07, 6.45) is -0.328. The van der Waals surface area contributed by atoms with Gasteiger partial charge in [-0.25, -0.2) is 4.98 Å². The Morgan fingerprint density at radius 1 is 1.08 bits per heavy atom. The molecule has 0 unspecified atom stereocenters. The highest BCUT2D eigenvalue weighted by Crippen LogP contribution is 2.37. The average molecular weight is 355 g/mol. The maximum atomic E-state index is 10.6. The molecule has 7 heteroatoms. The Hall–Kier alpha value is -2.32. The van der Waals surface area contributed by atoms with Gasteiger partial charge in [0, 0.05) is 35.2 Å². The minimum atomic E-state index is -1.24. The molecule has 1 aliphatic heterocycles. The second-order valence-electron chi connectivity index (χ2n) is 6.74. The molecule has 3 aromatic rings. The summed E-state index contributed by atoms with van der Waals surface area (Å²) >= 11 is 0. The van der Waals surface area contributed by atoms with E-state index in [0.29, 0.717) is 11.2 Å². The van der Waals surface area contributed by atoms with Crippen molar-refractivity contribution in [2.45, 2.75) is 44.5 Å². The van der Waals surface area contributed by atoms with Crippen molar-refractivity contribution in [1.82, 2.24) is 14.5 Å². The van der Waals surface area contributed by atoms with Crippen molar-refractivity contribution < 1.29 is 20.1 Å². The van der Waals surface area contributed by atoms with Crippen molar-refractivity contribution in [3.8, 4) is 0 Å². The van der Waals surface area contributed by atoms with Gasteiger partial charge in [-0.3, -0.25) is 4.98 Å². The number of aliphatic hydroxyl groups is 3. The molecule has 4 heterocycles. The van der Waals surface area contributed by atoms with Crippen LogP contribution in [-0.4, -0.2) is 48.2 Å². The number of rotatable bonds is 3. The van der Waals surface area contributed by atoms with Crippen LogP contribution in [0.1, 0.15) is 29.2 Å². The third-order valence-corrected chi connectivity index (χ3v) is 4.97. The van der Waals surface area contributed by atoms with Crippen LogP contribution in [0.3, 0.4) is 0 Å². The minimum Gasteiger partial charge on any atom is -0.387 e. The van der Waals surface area contributed by atoms with Gasteiger partial charge in [-0.05, 0) is 37.6 Å². The lowest BCUT2D eigenvalue weighted by molar-refractivity contribution is -0.0849. The van der Waals surface area contributed by atoms with Crippen LogP contribution in [0.2, 0.25) is 0 Å². The molecule has 0 amide bonds. The Balaban J connectivity index is 1.65. The van der Waals surface area contributed by atoms with Crippen molar-refractivity contribution in [3.05, 3.63) is 59.7 Å². The first kappa shape index (κ1) is 17.1. The van der Waals surface area contributed by atoms with Crippen molar-refractivity contribution in [2.75, 3.05) is 0 Å². The summed E-state index contributed by atoms with van der Waals surface area (Å²) in [5.41, 5.74) is 3.07. The summed E-state index contributed by atoms with van der Waals surface area (Å²) in [5, 5.41) is 32.5. The monoisotopic (exact) mass is 355 g/mol. The summed E-state index contributed by atoms with van der Waals surface area (Å²) in [6, 6.07) is 7.32. The largest absolute Gasteiger partial charge is 0.387 e. The Morgan fingerprint density at radius 2 is 1.88 bits per heavy atom. The minimum absolute atomic E-state index is 0.527. The lowest BCUT2D eigenvalue weighted by atomic mass is 10.0. The topological polar surface area (TPSA) is 101 Å². The van der Waals surface area contributed by atoms with Gasteiger partial charge in [0.15, 0.2) is 6.23 Å². The lowest BCUT2D eigenvalue weighted by Crippen LogP contribution is -2.34. The predicted molar refractivity (Wildman–Crippen MR) is 94.3 cm³/mol. The first-order valence-electron chi connectivity index (χ1n) is 8.52. The maximum Gasteiger partial charge on any atom is 0.164 e. The number of nitrogens with zero attached hydrogens (tertiary/aromatic N) is 3. The predicted octanol–water partition coefficient (Wildman–Crippen LogP) is 1.40. The molecule has 1 saturated heterocycles. The summed E-state index contributed by atoms with van der Waals surface area (Å²) in [7, 11) is 0. The molecule has 5 atom stereocenters. The zero-order valence-corrected chi connectivity index (χ0v) is 14.5. The van der Waals surface area contributed by atoms with Crippen molar-refractivity contribution in [3.63, 3.8) is 0 Å². The highest BCUT2D eigenvalue weighted by molar-refractivity contribution is 5.79. The molecule has 0 saturated carbocycles. The zero-order valence-electron chi connectivity index (χ0n) is 14.5. The lowest BCUT2D eigenvalue weighted by Gasteiger charge is -2.21. The van der Waals surface area contributed by atoms with E-state index in [1.54, 1.807) is 35.3 Å². The van der Waals surface area contributed by atoms with Crippen LogP contribution in [0.25, 0.3) is 11.0 Å². The quantitative estimate of drug-likeness (QED) is 0.657. The first-order valence-corrected chi connectivity index (χ1v) is 8.52. The molecular formula is C19H21N3O4. The fourth-order valence-electron chi connectivity index (χ4n) is 3.42. The summed E-state index contributed by atoms with van der Waals surface area (Å²) < 4.78 is 7.56. The summed E-state index contributed by atoms with van der Waals surface area (Å²) in [5.74, 6) is 0. The molecule has 0 radical (unpaired) electrons. The van der Waals surface area contributed by atoms with Gasteiger partial charge in [-0.15, -0.1) is 0 Å². The van der Waals surface area contributed by atoms with Gasteiger partial charge in [0.05, 0.1) is 0 Å². The highest BCUT2D eigenvalue weighted by atomic mass is 16.6. The Kier molecular flexibility index (Phi) is 4.24. The van der Waals surface area contributed by atoms with Gasteiger partial charge in [0.1, 0.15) is 30.1 Å². The van der Waals surface area contributed by atoms with Gasteiger partial charge < -0.3 is 24.6 Å². The third-order valence-electron chi connectivity index (χ3n) is 4.97. The van der Waals surface area contributed by atoms with E-state index in [0.717, 1.165) is 16.6 Å². The van der Waals surface area contributed by atoms with E-state index >= 15 is 0 Å². The van der Waals surface area contributed by atoms with Crippen LogP contribution >= 0.6 is 0 Å². The standard InChI is InChI=1S/C19H21N3O4/c1-10-5-7-20-18-13(10)6-8-22(18)19-16(25)15(24)17(26-19)14(23)12-4-3-11(2)21-9-12/h3-9,14-17,19,23-25H,1-2H3/t14-,15+,16-,17-,19-/m1/s1. The van der Waals surface area contributed by atoms with Crippen LogP contribution in [-0.2, 0) is 4.74 Å². The second kappa shape index (κ2) is 6.44. The molecule has 0 aliphatic carbocycles. The molecule has 0 bridgehead atoms. The van der Waals surface area contributed by atoms with Crippen LogP contribution in [0.4, 0.5) is 0 Å². The zero-order chi connectivity index (χ0) is 18.4. The molecule has 0 aromatic carbocycles. The molecule has 3 N–H and O–H groups in total. The molecule has 26 heavy (non-hydrogen) atoms. The molecule has 3 aromatic heterocycles. The molecule has 4 rings (SSSR count). The number of hydrogen-bond acceptors (Lipinski definition) is 6. The maximum absolute atomic E-state index is 10.6. The van der Waals surface area contributed by atoms with Crippen molar-refractivity contribution >= 4 is 11.0 Å². The van der Waals surface area contributed by atoms with E-state index < -0.39 is 30.6 Å². The average Bonchev–Trinajstić information content (AvgIpc) is 3.18. The third kappa shape index (κ3) is 2.69. The van der Waals surface area contributed by atoms with Gasteiger partial charge in [0.25, 0.3) is 0 Å². The number of aryl methyl sites for hydroxylation is 2. The Labute approximate surface area is 150 Å². The number of aliphatic hydroxyl groups excluding tert-OH is 3.